The van der Waals surface area contributed by atoms with Crippen molar-refractivity contribution in [3.05, 3.63) is 23.3 Å². The van der Waals surface area contributed by atoms with Gasteiger partial charge in [-0.25, -0.2) is 0 Å². The Hall–Kier alpha value is -1.05. The van der Waals surface area contributed by atoms with Crippen LogP contribution in [0.5, 0.6) is 0 Å². The van der Waals surface area contributed by atoms with E-state index in [0.29, 0.717) is 0 Å². The normalized spacial score (nSPS) is 13.7. The predicted molar refractivity (Wildman–Crippen MR) is 84.2 cm³/mol. The highest BCUT2D eigenvalue weighted by molar-refractivity contribution is 5.66. The van der Waals surface area contributed by atoms with Gasteiger partial charge in [0.1, 0.15) is 6.10 Å². The molecule has 1 unspecified atom stereocenters. The second kappa shape index (κ2) is 12.0. The van der Waals surface area contributed by atoms with Gasteiger partial charge in [-0.1, -0.05) is 37.6 Å². The highest BCUT2D eigenvalue weighted by atomic mass is 16.5. The highest BCUT2D eigenvalue weighted by Crippen LogP contribution is 2.14. The van der Waals surface area contributed by atoms with Gasteiger partial charge < -0.3 is 4.74 Å². The van der Waals surface area contributed by atoms with Gasteiger partial charge in [-0.3, -0.25) is 4.79 Å². The lowest BCUT2D eigenvalue weighted by Gasteiger charge is -2.14. The minimum absolute atomic E-state index is 0. The van der Waals surface area contributed by atoms with E-state index in [2.05, 4.69) is 39.8 Å². The first-order chi connectivity index (χ1) is 8.49. The molecule has 0 aliphatic heterocycles. The standard InChI is InChI=1S/C16H28O2.CH4/c1-6-13(3)9-8-10-14(4)11-12-16(7-2)18-15(5)17;/h6,10,16H,7-9,11-12H2,1-5H3;1H4/b13-6+,14-10+;. The molecule has 1 atom stereocenters. The number of rotatable bonds is 8. The third-order valence-electron chi connectivity index (χ3n) is 3.17. The Bertz CT molecular complexity index is 300. The molecule has 0 radical (unpaired) electrons. The summed E-state index contributed by atoms with van der Waals surface area (Å²) in [5.41, 5.74) is 2.83. The molecule has 0 fully saturated rings. The topological polar surface area (TPSA) is 26.3 Å². The quantitative estimate of drug-likeness (QED) is 0.433. The lowest BCUT2D eigenvalue weighted by molar-refractivity contribution is -0.146. The summed E-state index contributed by atoms with van der Waals surface area (Å²) in [7, 11) is 0. The Balaban J connectivity index is 0. The molecule has 2 heteroatoms. The van der Waals surface area contributed by atoms with Gasteiger partial charge in [-0.15, -0.1) is 0 Å². The first-order valence-corrected chi connectivity index (χ1v) is 6.94. The lowest BCUT2D eigenvalue weighted by atomic mass is 10.0. The van der Waals surface area contributed by atoms with Crippen molar-refractivity contribution in [3.63, 3.8) is 0 Å². The number of carbonyl (C=O) groups excluding carboxylic acids is 1. The van der Waals surface area contributed by atoms with Crippen LogP contribution in [0.25, 0.3) is 0 Å². The van der Waals surface area contributed by atoms with Crippen LogP contribution in [-0.4, -0.2) is 12.1 Å². The maximum absolute atomic E-state index is 10.9. The van der Waals surface area contributed by atoms with Crippen LogP contribution in [0.15, 0.2) is 23.3 Å². The van der Waals surface area contributed by atoms with E-state index in [1.165, 1.54) is 18.1 Å². The van der Waals surface area contributed by atoms with E-state index in [1.54, 1.807) is 0 Å². The van der Waals surface area contributed by atoms with Gasteiger partial charge in [0.15, 0.2) is 0 Å². The summed E-state index contributed by atoms with van der Waals surface area (Å²) in [5.74, 6) is -0.174. The van der Waals surface area contributed by atoms with Crippen LogP contribution in [0, 0.1) is 0 Å². The molecule has 2 nitrogen and oxygen atoms in total. The second-order valence-corrected chi connectivity index (χ2v) is 4.90. The Morgan fingerprint density at radius 1 is 1.16 bits per heavy atom. The van der Waals surface area contributed by atoms with Gasteiger partial charge in [0.05, 0.1) is 0 Å². The van der Waals surface area contributed by atoms with Crippen molar-refractivity contribution in [2.24, 2.45) is 0 Å². The second-order valence-electron chi connectivity index (χ2n) is 4.90. The fourth-order valence-electron chi connectivity index (χ4n) is 1.76. The molecule has 0 bridgehead atoms. The van der Waals surface area contributed by atoms with Crippen molar-refractivity contribution in [1.29, 1.82) is 0 Å². The Morgan fingerprint density at radius 3 is 2.26 bits per heavy atom. The molecular formula is C17H32O2. The van der Waals surface area contributed by atoms with E-state index in [0.717, 1.165) is 32.1 Å². The van der Waals surface area contributed by atoms with Crippen molar-refractivity contribution in [2.45, 2.75) is 80.3 Å². The number of allylic oxidation sites excluding steroid dienone is 4. The summed E-state index contributed by atoms with van der Waals surface area (Å²) in [4.78, 5) is 10.9. The largest absolute Gasteiger partial charge is 0.463 e. The van der Waals surface area contributed by atoms with E-state index >= 15 is 0 Å². The van der Waals surface area contributed by atoms with Gasteiger partial charge in [0, 0.05) is 6.92 Å². The summed E-state index contributed by atoms with van der Waals surface area (Å²) >= 11 is 0. The van der Waals surface area contributed by atoms with Crippen LogP contribution in [0.3, 0.4) is 0 Å². The van der Waals surface area contributed by atoms with Gasteiger partial charge in [-0.05, 0) is 52.9 Å². The molecule has 0 aromatic heterocycles. The number of hydrogen-bond donors (Lipinski definition) is 0. The first kappa shape index (κ1) is 20.3. The molecule has 0 aliphatic rings. The zero-order valence-corrected chi connectivity index (χ0v) is 12.6. The third kappa shape index (κ3) is 11.8. The predicted octanol–water partition coefficient (Wildman–Crippen LogP) is 5.44. The van der Waals surface area contributed by atoms with Crippen LogP contribution >= 0.6 is 0 Å². The zero-order chi connectivity index (χ0) is 14.0. The van der Waals surface area contributed by atoms with E-state index < -0.39 is 0 Å². The minimum atomic E-state index is -0.174. The van der Waals surface area contributed by atoms with E-state index in [1.807, 2.05) is 0 Å². The van der Waals surface area contributed by atoms with Crippen molar-refractivity contribution >= 4 is 5.97 Å². The number of hydrogen-bond acceptors (Lipinski definition) is 2. The van der Waals surface area contributed by atoms with Crippen LogP contribution in [0.4, 0.5) is 0 Å². The van der Waals surface area contributed by atoms with Crippen molar-refractivity contribution < 1.29 is 9.53 Å². The van der Waals surface area contributed by atoms with E-state index in [4.69, 9.17) is 4.74 Å². The van der Waals surface area contributed by atoms with Gasteiger partial charge in [0.25, 0.3) is 0 Å². The van der Waals surface area contributed by atoms with Crippen LogP contribution in [0.1, 0.15) is 74.1 Å². The molecule has 0 saturated carbocycles. The summed E-state index contributed by atoms with van der Waals surface area (Å²) in [6, 6.07) is 0. The SMILES string of the molecule is C.C/C=C(\C)CC/C=C(\C)CCC(CC)OC(C)=O. The smallest absolute Gasteiger partial charge is 0.302 e. The lowest BCUT2D eigenvalue weighted by Crippen LogP contribution is -2.15. The van der Waals surface area contributed by atoms with E-state index in [-0.39, 0.29) is 19.5 Å². The molecular weight excluding hydrogens is 236 g/mol. The molecule has 0 aromatic rings. The fourth-order valence-corrected chi connectivity index (χ4v) is 1.76. The molecule has 0 N–H and O–H groups in total. The first-order valence-electron chi connectivity index (χ1n) is 6.94. The summed E-state index contributed by atoms with van der Waals surface area (Å²) < 4.78 is 5.23. The van der Waals surface area contributed by atoms with Crippen molar-refractivity contribution in [2.75, 3.05) is 0 Å². The van der Waals surface area contributed by atoms with Crippen LogP contribution in [-0.2, 0) is 9.53 Å². The Kier molecular flexibility index (Phi) is 12.8. The summed E-state index contributed by atoms with van der Waals surface area (Å²) in [5, 5.41) is 0. The molecule has 19 heavy (non-hydrogen) atoms. The molecule has 0 aliphatic carbocycles. The molecule has 0 spiro atoms. The molecule has 0 heterocycles. The Morgan fingerprint density at radius 2 is 1.79 bits per heavy atom. The minimum Gasteiger partial charge on any atom is -0.463 e. The maximum atomic E-state index is 10.9. The number of ether oxygens (including phenoxy) is 1. The molecule has 0 amide bonds. The average Bonchev–Trinajstić information content (AvgIpc) is 2.33. The number of esters is 1. The molecule has 0 aromatic carbocycles. The fraction of sp³-hybridized carbons (Fsp3) is 0.706. The van der Waals surface area contributed by atoms with E-state index in [9.17, 15) is 4.79 Å². The van der Waals surface area contributed by atoms with Crippen molar-refractivity contribution in [3.8, 4) is 0 Å². The van der Waals surface area contributed by atoms with Crippen LogP contribution < -0.4 is 0 Å². The Labute approximate surface area is 119 Å². The van der Waals surface area contributed by atoms with Gasteiger partial charge in [0.2, 0.25) is 0 Å². The zero-order valence-electron chi connectivity index (χ0n) is 12.6. The average molecular weight is 268 g/mol. The van der Waals surface area contributed by atoms with Gasteiger partial charge >= 0.3 is 5.97 Å². The molecule has 0 saturated heterocycles. The van der Waals surface area contributed by atoms with Gasteiger partial charge in [-0.2, -0.15) is 0 Å². The third-order valence-corrected chi connectivity index (χ3v) is 3.17. The monoisotopic (exact) mass is 268 g/mol. The van der Waals surface area contributed by atoms with Crippen LogP contribution in [0.2, 0.25) is 0 Å². The summed E-state index contributed by atoms with van der Waals surface area (Å²) in [6.07, 6.45) is 9.61. The highest BCUT2D eigenvalue weighted by Gasteiger charge is 2.09. The summed E-state index contributed by atoms with van der Waals surface area (Å²) in [6.45, 7) is 9.94. The maximum Gasteiger partial charge on any atom is 0.302 e. The van der Waals surface area contributed by atoms with Crippen molar-refractivity contribution in [1.82, 2.24) is 0 Å². The molecule has 0 rings (SSSR count). The number of carbonyl (C=O) groups is 1. The molecule has 112 valence electrons.